The van der Waals surface area contributed by atoms with Gasteiger partial charge in [-0.3, -0.25) is 4.79 Å². The quantitative estimate of drug-likeness (QED) is 0.545. The van der Waals surface area contributed by atoms with Crippen LogP contribution in [0, 0.1) is 13.8 Å². The van der Waals surface area contributed by atoms with Gasteiger partial charge in [-0.15, -0.1) is 0 Å². The molecule has 27 heavy (non-hydrogen) atoms. The van der Waals surface area contributed by atoms with Crippen LogP contribution in [0.25, 0.3) is 22.3 Å². The van der Waals surface area contributed by atoms with Crippen LogP contribution in [0.5, 0.6) is 0 Å². The molecular weight excluding hydrogens is 354 g/mol. The van der Waals surface area contributed by atoms with Crippen molar-refractivity contribution in [1.82, 2.24) is 10.1 Å². The van der Waals surface area contributed by atoms with Crippen molar-refractivity contribution in [3.05, 3.63) is 57.2 Å². The fourth-order valence-electron chi connectivity index (χ4n) is 3.03. The van der Waals surface area contributed by atoms with E-state index in [1.165, 1.54) is 12.1 Å². The third-order valence-corrected chi connectivity index (χ3v) is 4.17. The molecule has 0 aliphatic rings. The Bertz CT molecular complexity index is 1110. The lowest BCUT2D eigenvalue weighted by molar-refractivity contribution is 0.0695. The average molecular weight is 369 g/mol. The largest absolute Gasteiger partial charge is 0.478 e. The van der Waals surface area contributed by atoms with Crippen molar-refractivity contribution < 1.29 is 24.3 Å². The number of carbonyl (C=O) groups is 2. The zero-order valence-corrected chi connectivity index (χ0v) is 14.4. The van der Waals surface area contributed by atoms with E-state index < -0.39 is 34.4 Å². The van der Waals surface area contributed by atoms with Gasteiger partial charge in [-0.1, -0.05) is 29.4 Å². The Balaban J connectivity index is 2.27. The van der Waals surface area contributed by atoms with Crippen LogP contribution in [-0.4, -0.2) is 32.3 Å². The number of aryl methyl sites for hydroxylation is 2. The zero-order valence-electron chi connectivity index (χ0n) is 14.4. The Morgan fingerprint density at radius 2 is 1.52 bits per heavy atom. The highest BCUT2D eigenvalue weighted by Crippen LogP contribution is 2.32. The molecular formula is C18H15N3O6. The van der Waals surface area contributed by atoms with Crippen LogP contribution < -0.4 is 11.3 Å². The molecule has 0 aliphatic heterocycles. The number of pyridine rings is 1. The lowest BCUT2D eigenvalue weighted by Gasteiger charge is -2.12. The fraction of sp³-hybridized carbons (Fsp3) is 0.111. The molecule has 0 atom stereocenters. The number of nitrogens with zero attached hydrogens (tertiary/aromatic N) is 1. The van der Waals surface area contributed by atoms with Gasteiger partial charge in [-0.05, 0) is 25.0 Å². The highest BCUT2D eigenvalue weighted by Gasteiger charge is 2.26. The van der Waals surface area contributed by atoms with E-state index in [9.17, 15) is 24.6 Å². The third kappa shape index (κ3) is 2.95. The highest BCUT2D eigenvalue weighted by atomic mass is 16.5. The number of carboxylic acids is 2. The minimum Gasteiger partial charge on any atom is -0.478 e. The molecule has 0 radical (unpaired) electrons. The molecule has 9 heteroatoms. The number of rotatable bonds is 4. The van der Waals surface area contributed by atoms with Gasteiger partial charge in [0.25, 0.3) is 5.56 Å². The number of carboxylic acid groups (broad SMARTS) is 2. The molecule has 0 saturated carbocycles. The summed E-state index contributed by atoms with van der Waals surface area (Å²) in [5.74, 6) is -2.81. The SMILES string of the molecule is Cc1noc(C)c1-c1ccc(-c2c(C(=O)O)c(N)[nH]c(=O)c2C(=O)O)cc1. The monoisotopic (exact) mass is 369 g/mol. The second kappa shape index (κ2) is 6.45. The number of H-pyrrole nitrogens is 1. The Morgan fingerprint density at radius 1 is 1.00 bits per heavy atom. The van der Waals surface area contributed by atoms with Crippen molar-refractivity contribution in [2.75, 3.05) is 5.73 Å². The Kier molecular flexibility index (Phi) is 4.28. The molecule has 9 nitrogen and oxygen atoms in total. The second-order valence-electron chi connectivity index (χ2n) is 5.88. The van der Waals surface area contributed by atoms with Crippen LogP contribution in [0.4, 0.5) is 5.82 Å². The Hall–Kier alpha value is -3.88. The minimum absolute atomic E-state index is 0.234. The summed E-state index contributed by atoms with van der Waals surface area (Å²) in [5.41, 5.74) is 5.68. The van der Waals surface area contributed by atoms with Gasteiger partial charge in [-0.2, -0.15) is 0 Å². The topological polar surface area (TPSA) is 160 Å². The number of benzene rings is 1. The van der Waals surface area contributed by atoms with Gasteiger partial charge in [-0.25, -0.2) is 9.59 Å². The summed E-state index contributed by atoms with van der Waals surface area (Å²) in [7, 11) is 0. The molecule has 5 N–H and O–H groups in total. The van der Waals surface area contributed by atoms with Gasteiger partial charge in [0.05, 0.1) is 5.69 Å². The first kappa shape index (κ1) is 17.9. The minimum atomic E-state index is -1.55. The number of nitrogen functional groups attached to an aromatic ring is 1. The van der Waals surface area contributed by atoms with Crippen LogP contribution in [0.3, 0.4) is 0 Å². The van der Waals surface area contributed by atoms with Gasteiger partial charge in [0.1, 0.15) is 22.7 Å². The molecule has 138 valence electrons. The number of anilines is 1. The maximum Gasteiger partial charge on any atom is 0.342 e. The molecule has 3 rings (SSSR count). The third-order valence-electron chi connectivity index (χ3n) is 4.17. The van der Waals surface area contributed by atoms with Crippen LogP contribution >= 0.6 is 0 Å². The number of nitrogens with one attached hydrogen (secondary N) is 1. The van der Waals surface area contributed by atoms with Crippen molar-refractivity contribution in [3.8, 4) is 22.3 Å². The van der Waals surface area contributed by atoms with Crippen molar-refractivity contribution in [2.24, 2.45) is 0 Å². The number of nitrogens with two attached hydrogens (primary N) is 1. The summed E-state index contributed by atoms with van der Waals surface area (Å²) in [6.07, 6.45) is 0. The van der Waals surface area contributed by atoms with E-state index in [1.54, 1.807) is 26.0 Å². The molecule has 0 spiro atoms. The highest BCUT2D eigenvalue weighted by molar-refractivity contribution is 6.07. The fourth-order valence-corrected chi connectivity index (χ4v) is 3.03. The lowest BCUT2D eigenvalue weighted by Crippen LogP contribution is -2.24. The van der Waals surface area contributed by atoms with Crippen LogP contribution in [0.15, 0.2) is 33.6 Å². The summed E-state index contributed by atoms with van der Waals surface area (Å²) in [6, 6.07) is 6.37. The Morgan fingerprint density at radius 3 is 1.96 bits per heavy atom. The predicted molar refractivity (Wildman–Crippen MR) is 95.8 cm³/mol. The standard InChI is InChI=1S/C18H15N3O6/c1-7-11(8(2)27-21-7)9-3-5-10(6-4-9)12-13(17(23)24)15(19)20-16(22)14(12)18(25)26/h3-6H,1-2H3,(H,23,24)(H,25,26)(H3,19,20,22). The van der Waals surface area contributed by atoms with Gasteiger partial charge in [0.15, 0.2) is 0 Å². The van der Waals surface area contributed by atoms with E-state index in [4.69, 9.17) is 10.3 Å². The van der Waals surface area contributed by atoms with Gasteiger partial charge in [0.2, 0.25) is 0 Å². The molecule has 0 saturated heterocycles. The predicted octanol–water partition coefficient (Wildman–Crippen LogP) is 2.29. The van der Waals surface area contributed by atoms with Gasteiger partial charge < -0.3 is 25.5 Å². The molecule has 0 aliphatic carbocycles. The average Bonchev–Trinajstić information content (AvgIpc) is 2.92. The molecule has 3 aromatic rings. The van der Waals surface area contributed by atoms with E-state index >= 15 is 0 Å². The van der Waals surface area contributed by atoms with Crippen molar-refractivity contribution in [1.29, 1.82) is 0 Å². The molecule has 2 aromatic heterocycles. The van der Waals surface area contributed by atoms with Crippen molar-refractivity contribution in [3.63, 3.8) is 0 Å². The first-order chi connectivity index (χ1) is 12.7. The van der Waals surface area contributed by atoms with E-state index in [0.717, 1.165) is 11.1 Å². The smallest absolute Gasteiger partial charge is 0.342 e. The zero-order chi connectivity index (χ0) is 19.9. The van der Waals surface area contributed by atoms with Gasteiger partial charge in [0, 0.05) is 11.1 Å². The first-order valence-corrected chi connectivity index (χ1v) is 7.78. The number of aromatic carboxylic acids is 2. The first-order valence-electron chi connectivity index (χ1n) is 7.78. The molecule has 1 aromatic carbocycles. The molecule has 0 fully saturated rings. The molecule has 0 unspecified atom stereocenters. The summed E-state index contributed by atoms with van der Waals surface area (Å²) >= 11 is 0. The van der Waals surface area contributed by atoms with E-state index in [1.807, 2.05) is 0 Å². The van der Waals surface area contributed by atoms with E-state index in [2.05, 4.69) is 10.1 Å². The van der Waals surface area contributed by atoms with E-state index in [0.29, 0.717) is 11.5 Å². The maximum atomic E-state index is 12.1. The summed E-state index contributed by atoms with van der Waals surface area (Å²) in [5, 5.41) is 22.8. The Labute approximate surface area is 152 Å². The van der Waals surface area contributed by atoms with Crippen molar-refractivity contribution in [2.45, 2.75) is 13.8 Å². The van der Waals surface area contributed by atoms with Crippen LogP contribution in [-0.2, 0) is 0 Å². The normalized spacial score (nSPS) is 10.7. The summed E-state index contributed by atoms with van der Waals surface area (Å²) in [6.45, 7) is 3.54. The van der Waals surface area contributed by atoms with Crippen LogP contribution in [0.2, 0.25) is 0 Å². The number of aromatic nitrogens is 2. The number of hydrogen-bond donors (Lipinski definition) is 4. The second-order valence-corrected chi connectivity index (χ2v) is 5.88. The lowest BCUT2D eigenvalue weighted by atomic mass is 9.93. The van der Waals surface area contributed by atoms with Crippen LogP contribution in [0.1, 0.15) is 32.2 Å². The molecule has 0 amide bonds. The summed E-state index contributed by atoms with van der Waals surface area (Å²) < 4.78 is 5.13. The maximum absolute atomic E-state index is 12.1. The number of hydrogen-bond acceptors (Lipinski definition) is 6. The molecule has 0 bridgehead atoms. The molecule has 2 heterocycles. The van der Waals surface area contributed by atoms with Crippen molar-refractivity contribution >= 4 is 17.8 Å². The van der Waals surface area contributed by atoms with Gasteiger partial charge >= 0.3 is 11.9 Å². The van der Waals surface area contributed by atoms with E-state index in [-0.39, 0.29) is 11.1 Å². The number of aromatic amines is 1. The summed E-state index contributed by atoms with van der Waals surface area (Å²) in [4.78, 5) is 37.3.